The van der Waals surface area contributed by atoms with Crippen LogP contribution < -0.4 is 43.0 Å². The summed E-state index contributed by atoms with van der Waals surface area (Å²) in [5.41, 5.74) is 5.23. The number of benzene rings is 2. The molecule has 6 rings (SSSR count). The molecule has 2 aromatic carbocycles. The van der Waals surface area contributed by atoms with Crippen molar-refractivity contribution < 1.29 is 101 Å². The minimum absolute atomic E-state index is 0. The molecule has 11 amide bonds. The molecule has 4 heterocycles. The van der Waals surface area contributed by atoms with E-state index in [9.17, 15) is 57.5 Å². The van der Waals surface area contributed by atoms with Crippen molar-refractivity contribution in [3.8, 4) is 0 Å². The minimum atomic E-state index is -1.12. The number of carbonyl (C=O) groups excluding carboxylic acids is 11. The van der Waals surface area contributed by atoms with Crippen LogP contribution in [-0.2, 0) is 258 Å². The number of amides is 11. The molecule has 0 saturated carbocycles. The first-order valence-corrected chi connectivity index (χ1v) is 60.1. The second-order valence-electron chi connectivity index (χ2n) is 23.8. The van der Waals surface area contributed by atoms with Gasteiger partial charge in [0.1, 0.15) is 29.8 Å². The Kier molecular flexibility index (Phi) is 62.0. The van der Waals surface area contributed by atoms with Crippen LogP contribution in [0.5, 0.6) is 0 Å². The molecule has 646 valence electrons. The number of imide groups is 4. The summed E-state index contributed by atoms with van der Waals surface area (Å²) < 4.78 is 42.7. The van der Waals surface area contributed by atoms with Crippen LogP contribution in [0.3, 0.4) is 0 Å². The molecule has 2 aromatic rings. The van der Waals surface area contributed by atoms with Crippen molar-refractivity contribution in [2.75, 3.05) is 129 Å². The van der Waals surface area contributed by atoms with Gasteiger partial charge in [-0.05, 0) is 111 Å². The summed E-state index contributed by atoms with van der Waals surface area (Å²) in [4.78, 5) is 146. The van der Waals surface area contributed by atoms with E-state index in [0.29, 0.717) is 124 Å². The molecule has 0 spiro atoms. The first kappa shape index (κ1) is 108. The zero-order valence-corrected chi connectivity index (χ0v) is 78.3. The van der Waals surface area contributed by atoms with Crippen molar-refractivity contribution in [2.24, 2.45) is 5.73 Å². The fraction of sp³-hybridized carbons (Fsp3) is 0.613. The molecule has 4 aliphatic rings. The quantitative estimate of drug-likeness (QED) is 0.0354. The molecular formula is C62H96N10O21S21. The zero-order chi connectivity index (χ0) is 82.4. The predicted molar refractivity (Wildman–Crippen MR) is 493 cm³/mol. The van der Waals surface area contributed by atoms with Crippen LogP contribution in [0, 0.1) is 0 Å². The van der Waals surface area contributed by atoms with Crippen molar-refractivity contribution in [3.63, 3.8) is 0 Å². The highest BCUT2D eigenvalue weighted by Crippen LogP contribution is 2.34. The van der Waals surface area contributed by atoms with E-state index in [0.717, 1.165) is 22.6 Å². The van der Waals surface area contributed by atoms with Gasteiger partial charge in [0, 0.05) is 261 Å². The number of carboxylic acids is 1. The van der Waals surface area contributed by atoms with Gasteiger partial charge in [0.15, 0.2) is 0 Å². The average molecular weight is 1990 g/mol. The van der Waals surface area contributed by atoms with E-state index in [1.54, 1.807) is 184 Å². The molecule has 4 aliphatic heterocycles. The third-order valence-electron chi connectivity index (χ3n) is 13.3. The number of hydrogen-bond donors (Lipinski definition) is 9. The van der Waals surface area contributed by atoms with Gasteiger partial charge in [0.25, 0.3) is 23.6 Å². The molecule has 0 bridgehead atoms. The number of piperidine rings is 2. The van der Waals surface area contributed by atoms with Crippen LogP contribution in [0.25, 0.3) is 0 Å². The highest BCUT2D eigenvalue weighted by Gasteiger charge is 2.47. The molecule has 2 saturated heterocycles. The average Bonchev–Trinajstić information content (AvgIpc) is 1.61. The molecule has 2 unspecified atom stereocenters. The summed E-state index contributed by atoms with van der Waals surface area (Å²) in [6.45, 7) is 18.5. The Hall–Kier alpha value is -3.58. The highest BCUT2D eigenvalue weighted by atomic mass is 33.5. The van der Waals surface area contributed by atoms with Crippen molar-refractivity contribution in [1.82, 2.24) is 36.4 Å². The Morgan fingerprint density at radius 2 is 0.763 bits per heavy atom. The molecule has 31 nitrogen and oxygen atoms in total. The first-order chi connectivity index (χ1) is 53.7. The van der Waals surface area contributed by atoms with Gasteiger partial charge in [0.2, 0.25) is 29.5 Å². The van der Waals surface area contributed by atoms with Gasteiger partial charge in [-0.1, -0.05) is 27.0 Å². The summed E-state index contributed by atoms with van der Waals surface area (Å²) in [6.07, 6.45) is 2.21. The topological polar surface area (TPSA) is 416 Å². The Balaban J connectivity index is 0.000000806. The maximum atomic E-state index is 13.1. The fourth-order valence-corrected chi connectivity index (χ4v) is 55.6. The molecule has 0 aromatic heterocycles. The number of hydrogen-bond acceptors (Lipinski definition) is 25. The molecule has 2 atom stereocenters. The number of anilines is 2. The van der Waals surface area contributed by atoms with Gasteiger partial charge in [0.05, 0.1) is 81.7 Å². The van der Waals surface area contributed by atoms with E-state index in [2.05, 4.69) is 37.2 Å². The Morgan fingerprint density at radius 3 is 1.07 bits per heavy atom. The van der Waals surface area contributed by atoms with Crippen LogP contribution in [0.15, 0.2) is 36.4 Å². The number of alkyl carbamates (subject to hydrolysis) is 2. The highest BCUT2D eigenvalue weighted by molar-refractivity contribution is 8.78. The predicted octanol–water partition coefficient (Wildman–Crippen LogP) is 3.08. The largest absolute Gasteiger partial charge is 0.480 e. The number of nitrogens with two attached hydrogens (primary N) is 1. The second-order valence-corrected chi connectivity index (χ2v) is 57.4. The monoisotopic (exact) mass is 1990 g/mol. The smallest absolute Gasteiger partial charge is 0.407 e. The third-order valence-corrected chi connectivity index (χ3v) is 53.3. The van der Waals surface area contributed by atoms with E-state index in [-0.39, 0.29) is 80.9 Å². The van der Waals surface area contributed by atoms with Crippen LogP contribution in [0.2, 0.25) is 0 Å². The maximum Gasteiger partial charge on any atom is 0.407 e. The zero-order valence-electron chi connectivity index (χ0n) is 61.2. The van der Waals surface area contributed by atoms with Gasteiger partial charge in [-0.3, -0.25) is 68.4 Å². The number of fused-ring (bicyclic) bond motifs is 2. The van der Waals surface area contributed by atoms with Crippen molar-refractivity contribution in [3.05, 3.63) is 58.7 Å². The molecular weight excluding hydrogens is 1890 g/mol. The summed E-state index contributed by atoms with van der Waals surface area (Å²) in [5, 5.41) is 26.6. The van der Waals surface area contributed by atoms with Crippen LogP contribution in [0.1, 0.15) is 149 Å². The van der Waals surface area contributed by atoms with E-state index in [4.69, 9.17) is 71.1 Å². The lowest BCUT2D eigenvalue weighted by Crippen LogP contribution is -2.54. The minimum Gasteiger partial charge on any atom is -0.480 e. The number of carbonyl (C=O) groups is 12. The van der Waals surface area contributed by atoms with Gasteiger partial charge in [-0.15, -0.1) is 0 Å². The lowest BCUT2D eigenvalue weighted by atomic mass is 10.0. The standard InChI is InChI=1S/C30H43N5O10.C15H13N3O6.C15H32N2O5.2CH4.S21/c1-30(2,3)45-29(41)32-12-6-14-43-16-18-44-17-15-42-13-5-11-31-24(37)19-33-21-8-4-7-20-25(21)28(40)35(27(20)39)22-9-10-23(36)34-26(22)38;19-10-5-4-9(13(22)17-10)18-14(23)7-2-1-3-8(12(7)15(18)24)16-6-11(20)21;1-15(2,3)22-14(18)17-7-5-9-20-11-13-21-12-10-19-8-4-6-16;;;1-3-5-7-9-11-13-15-17-19-21-20-18-16-14-12-10-8-6-4-2/h4,7-8,22,33H,5-6,9-19H2,1-3H3,(H,31,37)(H,32,41)(H,34,36,38);1-3,9,16H,4-6H2,(H,20,21)(H,17,19,22);4-13,16H2,1-3H3,(H,17,18);2*1H4;. The van der Waals surface area contributed by atoms with Crippen molar-refractivity contribution in [1.29, 1.82) is 0 Å². The number of ether oxygens (including phenoxy) is 8. The molecule has 2 fully saturated rings. The maximum absolute atomic E-state index is 13.1. The molecule has 0 radical (unpaired) electrons. The molecule has 0 aliphatic carbocycles. The van der Waals surface area contributed by atoms with Gasteiger partial charge in [-0.25, -0.2) is 9.59 Å². The lowest BCUT2D eigenvalue weighted by molar-refractivity contribution is -0.137. The Morgan fingerprint density at radius 1 is 0.456 bits per heavy atom. The van der Waals surface area contributed by atoms with E-state index < -0.39 is 95.2 Å². The van der Waals surface area contributed by atoms with Crippen LogP contribution in [-0.4, -0.2) is 228 Å². The normalized spacial score (nSPS) is 14.2. The fourth-order valence-electron chi connectivity index (χ4n) is 8.96. The number of nitrogens with zero attached hydrogens (tertiary/aromatic N) is 2. The molecule has 114 heavy (non-hydrogen) atoms. The Bertz CT molecular complexity index is 4450. The van der Waals surface area contributed by atoms with Crippen LogP contribution in [0.4, 0.5) is 21.0 Å². The summed E-state index contributed by atoms with van der Waals surface area (Å²) >= 11 is 9.52. The number of nitrogens with one attached hydrogen (secondary N) is 7. The number of aliphatic carboxylic acids is 1. The lowest BCUT2D eigenvalue weighted by Gasteiger charge is -2.27. The SMILES string of the molecule is C.C.CC(C)(C)OC(=O)NCCCOCCOCCOCCCN.CC(C)(C)OC(=O)NCCCOCCOCCOCCCNC(=O)CNc1cccc2c1C(=O)N(C1CCC(=O)NC1=O)C2=O.O=C(O)CNc1cccc2c1C(=O)N(C1CCC(=O)NC1=O)C2=O.S=S=S=S=S=S=S=S=S=S=S=S=S=S=S=S=S=S=S=S=S. The molecule has 10 N–H and O–H groups in total. The van der Waals surface area contributed by atoms with Crippen molar-refractivity contribution in [2.45, 2.75) is 131 Å². The van der Waals surface area contributed by atoms with E-state index >= 15 is 0 Å². The molecule has 52 heteroatoms. The second kappa shape index (κ2) is 65.2. The van der Waals surface area contributed by atoms with Gasteiger partial charge >= 0.3 is 18.2 Å². The number of rotatable bonds is 35. The first-order valence-electron chi connectivity index (χ1n) is 33.4. The van der Waals surface area contributed by atoms with E-state index in [1.807, 2.05) is 20.8 Å². The van der Waals surface area contributed by atoms with Crippen molar-refractivity contribution >= 4 is 274 Å². The summed E-state index contributed by atoms with van der Waals surface area (Å²) in [7, 11) is 32.6. The van der Waals surface area contributed by atoms with Gasteiger partial charge in [-0.2, -0.15) is 0 Å². The Labute approximate surface area is 727 Å². The van der Waals surface area contributed by atoms with Crippen LogP contribution >= 0.6 is 0 Å². The summed E-state index contributed by atoms with van der Waals surface area (Å²) in [6, 6.07) is 6.98. The van der Waals surface area contributed by atoms with E-state index in [1.165, 1.54) is 42.0 Å². The number of carboxylic acid groups (broad SMARTS) is 1. The summed E-state index contributed by atoms with van der Waals surface area (Å²) in [5.74, 6) is -6.28. The van der Waals surface area contributed by atoms with Gasteiger partial charge < -0.3 is 75.3 Å². The third kappa shape index (κ3) is 48.0.